The van der Waals surface area contributed by atoms with E-state index < -0.39 is 0 Å². The maximum atomic E-state index is 5.63. The first kappa shape index (κ1) is 26.1. The van der Waals surface area contributed by atoms with E-state index in [1.54, 1.807) is 36.1 Å². The summed E-state index contributed by atoms with van der Waals surface area (Å²) in [6, 6.07) is 33.6. The lowest BCUT2D eigenvalue weighted by Crippen LogP contribution is -2.00. The van der Waals surface area contributed by atoms with Gasteiger partial charge in [0.25, 0.3) is 0 Å². The third kappa shape index (κ3) is 5.39. The van der Waals surface area contributed by atoms with Gasteiger partial charge in [0.05, 0.1) is 23.9 Å². The second-order valence-corrected chi connectivity index (χ2v) is 11.0. The normalized spacial score (nSPS) is 11.2. The Morgan fingerprint density at radius 2 is 0.976 bits per heavy atom. The van der Waals surface area contributed by atoms with Crippen molar-refractivity contribution < 1.29 is 8.83 Å². The number of furan rings is 2. The Balaban J connectivity index is 1.10. The van der Waals surface area contributed by atoms with Gasteiger partial charge in [0.1, 0.15) is 0 Å². The molecule has 5 heterocycles. The van der Waals surface area contributed by atoms with E-state index in [9.17, 15) is 0 Å². The summed E-state index contributed by atoms with van der Waals surface area (Å²) < 4.78 is 15.3. The summed E-state index contributed by atoms with van der Waals surface area (Å²) in [5.41, 5.74) is 3.82. The highest BCUT2D eigenvalue weighted by atomic mass is 32.2. The number of pyridine rings is 1. The minimum Gasteiger partial charge on any atom is -0.461 e. The fourth-order valence-electron chi connectivity index (χ4n) is 4.44. The van der Waals surface area contributed by atoms with Crippen molar-refractivity contribution in [2.45, 2.75) is 21.8 Å². The number of nitrogens with zero attached hydrogens (tertiary/aromatic N) is 7. The molecule has 0 fully saturated rings. The van der Waals surface area contributed by atoms with Crippen LogP contribution in [0.25, 0.3) is 34.5 Å². The van der Waals surface area contributed by atoms with Gasteiger partial charge in [-0.15, -0.1) is 20.4 Å². The van der Waals surface area contributed by atoms with Crippen LogP contribution >= 0.6 is 23.5 Å². The Morgan fingerprint density at radius 1 is 0.500 bits per heavy atom. The first-order chi connectivity index (χ1) is 20.8. The zero-order chi connectivity index (χ0) is 28.1. The molecule has 7 aromatic rings. The number of thioether (sulfide) groups is 2. The van der Waals surface area contributed by atoms with E-state index in [0.29, 0.717) is 34.7 Å². The van der Waals surface area contributed by atoms with Crippen LogP contribution in [0.1, 0.15) is 11.4 Å². The Labute approximate surface area is 249 Å². The van der Waals surface area contributed by atoms with Gasteiger partial charge in [0, 0.05) is 22.9 Å². The molecule has 11 heteroatoms. The SMILES string of the molecule is c1ccc(-n2c(SCc3cccc(CSc4nnc(-c5ccco5)n4-c4ccccc4)n3)nnc2-c2ccco2)cc1. The van der Waals surface area contributed by atoms with E-state index in [-0.39, 0.29) is 0 Å². The summed E-state index contributed by atoms with van der Waals surface area (Å²) in [6.45, 7) is 0. The maximum Gasteiger partial charge on any atom is 0.205 e. The zero-order valence-corrected chi connectivity index (χ0v) is 23.8. The smallest absolute Gasteiger partial charge is 0.205 e. The maximum absolute atomic E-state index is 5.63. The Morgan fingerprint density at radius 3 is 1.40 bits per heavy atom. The van der Waals surface area contributed by atoms with Crippen molar-refractivity contribution in [2.75, 3.05) is 0 Å². The molecule has 0 saturated heterocycles. The molecule has 0 saturated carbocycles. The molecule has 0 N–H and O–H groups in total. The van der Waals surface area contributed by atoms with Crippen LogP contribution in [-0.2, 0) is 11.5 Å². The number of aromatic nitrogens is 7. The van der Waals surface area contributed by atoms with Gasteiger partial charge in [0.15, 0.2) is 21.8 Å². The lowest BCUT2D eigenvalue weighted by atomic mass is 10.3. The minimum absolute atomic E-state index is 0.629. The lowest BCUT2D eigenvalue weighted by molar-refractivity contribution is 0.575. The predicted octanol–water partition coefficient (Wildman–Crippen LogP) is 7.35. The molecule has 5 aromatic heterocycles. The summed E-state index contributed by atoms with van der Waals surface area (Å²) >= 11 is 3.16. The van der Waals surface area contributed by atoms with E-state index in [1.165, 1.54) is 0 Å². The summed E-state index contributed by atoms with van der Waals surface area (Å²) in [6.07, 6.45) is 3.28. The van der Waals surface area contributed by atoms with Gasteiger partial charge >= 0.3 is 0 Å². The summed E-state index contributed by atoms with van der Waals surface area (Å²) in [5, 5.41) is 19.4. The fourth-order valence-corrected chi connectivity index (χ4v) is 6.16. The second-order valence-electron chi connectivity index (χ2n) is 9.11. The molecule has 0 unspecified atom stereocenters. The van der Waals surface area contributed by atoms with Gasteiger partial charge < -0.3 is 8.83 Å². The van der Waals surface area contributed by atoms with Crippen LogP contribution in [0.2, 0.25) is 0 Å². The molecule has 0 atom stereocenters. The summed E-state index contributed by atoms with van der Waals surface area (Å²) in [4.78, 5) is 4.93. The highest BCUT2D eigenvalue weighted by molar-refractivity contribution is 7.98. The molecule has 2 aromatic carbocycles. The standard InChI is InChI=1S/C31H23N7O2S2/c1-3-12-24(13-4-1)37-28(26-16-8-18-39-26)33-35-30(37)41-20-22-10-7-11-23(32-22)21-42-31-36-34-29(27-17-9-19-40-27)38(31)25-14-5-2-6-15-25/h1-19H,20-21H2. The molecule has 0 radical (unpaired) electrons. The van der Waals surface area contributed by atoms with Crippen molar-refractivity contribution in [3.63, 3.8) is 0 Å². The van der Waals surface area contributed by atoms with Gasteiger partial charge in [-0.2, -0.15) is 0 Å². The van der Waals surface area contributed by atoms with Crippen LogP contribution in [-0.4, -0.2) is 34.5 Å². The minimum atomic E-state index is 0.629. The quantitative estimate of drug-likeness (QED) is 0.152. The van der Waals surface area contributed by atoms with Crippen LogP contribution in [0.5, 0.6) is 0 Å². The summed E-state index contributed by atoms with van der Waals surface area (Å²) in [7, 11) is 0. The largest absolute Gasteiger partial charge is 0.461 e. The molecule has 7 rings (SSSR count). The summed E-state index contributed by atoms with van der Waals surface area (Å²) in [5.74, 6) is 3.89. The highest BCUT2D eigenvalue weighted by Crippen LogP contribution is 2.31. The third-order valence-electron chi connectivity index (χ3n) is 6.34. The fraction of sp³-hybridized carbons (Fsp3) is 0.0645. The monoisotopic (exact) mass is 589 g/mol. The average molecular weight is 590 g/mol. The van der Waals surface area contributed by atoms with Crippen molar-refractivity contribution in [2.24, 2.45) is 0 Å². The second kappa shape index (κ2) is 11.9. The van der Waals surface area contributed by atoms with Crippen LogP contribution < -0.4 is 0 Å². The van der Waals surface area contributed by atoms with Crippen molar-refractivity contribution in [1.29, 1.82) is 0 Å². The average Bonchev–Trinajstić information content (AvgIpc) is 3.86. The van der Waals surface area contributed by atoms with E-state index in [1.807, 2.05) is 112 Å². The highest BCUT2D eigenvalue weighted by Gasteiger charge is 2.20. The van der Waals surface area contributed by atoms with E-state index in [4.69, 9.17) is 13.8 Å². The number of benzene rings is 2. The predicted molar refractivity (Wildman–Crippen MR) is 161 cm³/mol. The molecule has 0 bridgehead atoms. The molecule has 0 spiro atoms. The number of hydrogen-bond acceptors (Lipinski definition) is 9. The van der Waals surface area contributed by atoms with Crippen LogP contribution in [0.3, 0.4) is 0 Å². The van der Waals surface area contributed by atoms with Gasteiger partial charge in [-0.3, -0.25) is 14.1 Å². The van der Waals surface area contributed by atoms with Crippen molar-refractivity contribution in [3.05, 3.63) is 127 Å². The van der Waals surface area contributed by atoms with Gasteiger partial charge in [-0.25, -0.2) is 0 Å². The zero-order valence-electron chi connectivity index (χ0n) is 22.1. The first-order valence-electron chi connectivity index (χ1n) is 13.1. The van der Waals surface area contributed by atoms with Crippen LogP contribution in [0, 0.1) is 0 Å². The Kier molecular flexibility index (Phi) is 7.40. The van der Waals surface area contributed by atoms with E-state index in [2.05, 4.69) is 20.4 Å². The van der Waals surface area contributed by atoms with Gasteiger partial charge in [0.2, 0.25) is 11.6 Å². The van der Waals surface area contributed by atoms with Crippen LogP contribution in [0.15, 0.2) is 135 Å². The topological polar surface area (TPSA) is 101 Å². The lowest BCUT2D eigenvalue weighted by Gasteiger charge is -2.10. The first-order valence-corrected chi connectivity index (χ1v) is 15.1. The van der Waals surface area contributed by atoms with Crippen molar-refractivity contribution in [3.8, 4) is 34.5 Å². The molecule has 0 amide bonds. The molecule has 42 heavy (non-hydrogen) atoms. The molecule has 9 nitrogen and oxygen atoms in total. The molecule has 0 aliphatic heterocycles. The third-order valence-corrected chi connectivity index (χ3v) is 8.27. The number of rotatable bonds is 10. The number of para-hydroxylation sites is 2. The molecular weight excluding hydrogens is 567 g/mol. The number of hydrogen-bond donors (Lipinski definition) is 0. The van der Waals surface area contributed by atoms with E-state index >= 15 is 0 Å². The Bertz CT molecular complexity index is 1750. The molecule has 206 valence electrons. The van der Waals surface area contributed by atoms with Gasteiger partial charge in [-0.05, 0) is 60.7 Å². The van der Waals surface area contributed by atoms with Crippen LogP contribution in [0.4, 0.5) is 0 Å². The molecular formula is C31H23N7O2S2. The van der Waals surface area contributed by atoms with Crippen molar-refractivity contribution >= 4 is 23.5 Å². The van der Waals surface area contributed by atoms with Gasteiger partial charge in [-0.1, -0.05) is 66.0 Å². The van der Waals surface area contributed by atoms with Crippen molar-refractivity contribution in [1.82, 2.24) is 34.5 Å². The molecule has 0 aliphatic rings. The molecule has 0 aliphatic carbocycles. The van der Waals surface area contributed by atoms with E-state index in [0.717, 1.165) is 33.1 Å². The Hall–Kier alpha value is -4.87.